The minimum absolute atomic E-state index is 0.0998. The van der Waals surface area contributed by atoms with Gasteiger partial charge in [0.05, 0.1) is 11.9 Å². The van der Waals surface area contributed by atoms with Crippen LogP contribution in [0.4, 0.5) is 10.5 Å². The molecule has 166 valence electrons. The Morgan fingerprint density at radius 1 is 1.03 bits per heavy atom. The van der Waals surface area contributed by atoms with Crippen LogP contribution in [0.2, 0.25) is 5.02 Å². The van der Waals surface area contributed by atoms with Gasteiger partial charge in [0.25, 0.3) is 0 Å². The van der Waals surface area contributed by atoms with Crippen molar-refractivity contribution in [1.29, 1.82) is 0 Å². The van der Waals surface area contributed by atoms with Gasteiger partial charge < -0.3 is 15.1 Å². The standard InChI is InChI=1S/C24H26ClN5O2/c1-18-7-9-20(15-22(18)25)27-24(32)29-13-11-28(12-14-29)23(31)10-8-19-16-26-30(17-19)21-5-3-2-4-6-21/h2-7,9,15-17H,8,10-14H2,1H3,(H,27,32). The number of urea groups is 1. The fourth-order valence-electron chi connectivity index (χ4n) is 3.65. The van der Waals surface area contributed by atoms with Crippen molar-refractivity contribution in [1.82, 2.24) is 19.6 Å². The summed E-state index contributed by atoms with van der Waals surface area (Å²) in [6, 6.07) is 15.2. The lowest BCUT2D eigenvalue weighted by atomic mass is 10.1. The van der Waals surface area contributed by atoms with E-state index in [-0.39, 0.29) is 11.9 Å². The maximum Gasteiger partial charge on any atom is 0.321 e. The zero-order valence-corrected chi connectivity index (χ0v) is 18.8. The molecule has 4 rings (SSSR count). The molecule has 1 saturated heterocycles. The van der Waals surface area contributed by atoms with E-state index < -0.39 is 0 Å². The Labute approximate surface area is 192 Å². The highest BCUT2D eigenvalue weighted by Gasteiger charge is 2.24. The highest BCUT2D eigenvalue weighted by Crippen LogP contribution is 2.20. The summed E-state index contributed by atoms with van der Waals surface area (Å²) in [5.74, 6) is 0.0998. The number of carbonyl (C=O) groups excluding carboxylic acids is 2. The number of nitrogens with one attached hydrogen (secondary N) is 1. The number of hydrogen-bond acceptors (Lipinski definition) is 3. The van der Waals surface area contributed by atoms with E-state index in [0.717, 1.165) is 16.8 Å². The topological polar surface area (TPSA) is 70.5 Å². The number of para-hydroxylation sites is 1. The van der Waals surface area contributed by atoms with Gasteiger partial charge in [0, 0.05) is 49.5 Å². The van der Waals surface area contributed by atoms with Gasteiger partial charge in [-0.2, -0.15) is 5.10 Å². The zero-order chi connectivity index (χ0) is 22.5. The molecule has 8 heteroatoms. The van der Waals surface area contributed by atoms with Crippen LogP contribution in [0.25, 0.3) is 5.69 Å². The first kappa shape index (κ1) is 21.9. The second-order valence-corrected chi connectivity index (χ2v) is 8.30. The van der Waals surface area contributed by atoms with Gasteiger partial charge in [-0.15, -0.1) is 0 Å². The summed E-state index contributed by atoms with van der Waals surface area (Å²) in [5, 5.41) is 7.88. The second-order valence-electron chi connectivity index (χ2n) is 7.89. The van der Waals surface area contributed by atoms with Crippen LogP contribution < -0.4 is 5.32 Å². The number of aryl methyl sites for hydroxylation is 2. The molecule has 0 aliphatic carbocycles. The maximum absolute atomic E-state index is 12.7. The number of amides is 3. The fourth-order valence-corrected chi connectivity index (χ4v) is 3.83. The number of nitrogens with zero attached hydrogens (tertiary/aromatic N) is 4. The Morgan fingerprint density at radius 2 is 1.75 bits per heavy atom. The summed E-state index contributed by atoms with van der Waals surface area (Å²) in [4.78, 5) is 28.7. The number of piperazine rings is 1. The van der Waals surface area contributed by atoms with Gasteiger partial charge in [0.15, 0.2) is 0 Å². The van der Waals surface area contributed by atoms with E-state index in [0.29, 0.717) is 49.7 Å². The Balaban J connectivity index is 1.23. The zero-order valence-electron chi connectivity index (χ0n) is 18.0. The molecule has 0 spiro atoms. The van der Waals surface area contributed by atoms with Crippen LogP contribution in [-0.2, 0) is 11.2 Å². The van der Waals surface area contributed by atoms with Crippen LogP contribution >= 0.6 is 11.6 Å². The van der Waals surface area contributed by atoms with Crippen LogP contribution in [0.5, 0.6) is 0 Å². The first-order chi connectivity index (χ1) is 15.5. The Morgan fingerprint density at radius 3 is 2.47 bits per heavy atom. The summed E-state index contributed by atoms with van der Waals surface area (Å²) in [6.07, 6.45) is 4.83. The second kappa shape index (κ2) is 9.87. The fraction of sp³-hybridized carbons (Fsp3) is 0.292. The van der Waals surface area contributed by atoms with Crippen molar-refractivity contribution in [3.63, 3.8) is 0 Å². The molecule has 0 radical (unpaired) electrons. The average Bonchev–Trinajstić information content (AvgIpc) is 3.30. The monoisotopic (exact) mass is 451 g/mol. The largest absolute Gasteiger partial charge is 0.339 e. The van der Waals surface area contributed by atoms with Crippen LogP contribution in [0.15, 0.2) is 60.9 Å². The number of carbonyl (C=O) groups is 2. The van der Waals surface area contributed by atoms with Crippen LogP contribution in [-0.4, -0.2) is 57.7 Å². The molecule has 3 amide bonds. The molecule has 1 aliphatic heterocycles. The number of hydrogen-bond donors (Lipinski definition) is 1. The van der Waals surface area contributed by atoms with Crippen molar-refractivity contribution in [3.8, 4) is 5.69 Å². The molecule has 1 fully saturated rings. The Hall–Kier alpha value is -3.32. The number of rotatable bonds is 5. The first-order valence-electron chi connectivity index (χ1n) is 10.7. The normalized spacial score (nSPS) is 13.8. The molecule has 0 atom stereocenters. The molecule has 2 aromatic carbocycles. The van der Waals surface area contributed by atoms with E-state index in [1.54, 1.807) is 17.2 Å². The molecule has 1 N–H and O–H groups in total. The SMILES string of the molecule is Cc1ccc(NC(=O)N2CCN(C(=O)CCc3cnn(-c4ccccc4)c3)CC2)cc1Cl. The maximum atomic E-state index is 12.7. The van der Waals surface area contributed by atoms with Gasteiger partial charge in [-0.3, -0.25) is 4.79 Å². The summed E-state index contributed by atoms with van der Waals surface area (Å²) < 4.78 is 1.82. The van der Waals surface area contributed by atoms with Crippen molar-refractivity contribution >= 4 is 29.2 Å². The molecular formula is C24H26ClN5O2. The summed E-state index contributed by atoms with van der Waals surface area (Å²) in [5.41, 5.74) is 3.65. The molecule has 0 bridgehead atoms. The van der Waals surface area contributed by atoms with Crippen molar-refractivity contribution < 1.29 is 9.59 Å². The van der Waals surface area contributed by atoms with Gasteiger partial charge in [-0.25, -0.2) is 9.48 Å². The highest BCUT2D eigenvalue weighted by atomic mass is 35.5. The summed E-state index contributed by atoms with van der Waals surface area (Å²) in [6.45, 7) is 3.99. The molecular weight excluding hydrogens is 426 g/mol. The Kier molecular flexibility index (Phi) is 6.75. The molecule has 32 heavy (non-hydrogen) atoms. The third-order valence-corrected chi connectivity index (χ3v) is 6.03. The van der Waals surface area contributed by atoms with Gasteiger partial charge in [-0.1, -0.05) is 35.9 Å². The lowest BCUT2D eigenvalue weighted by molar-refractivity contribution is -0.132. The van der Waals surface area contributed by atoms with Crippen molar-refractivity contribution in [2.75, 3.05) is 31.5 Å². The van der Waals surface area contributed by atoms with E-state index in [9.17, 15) is 9.59 Å². The van der Waals surface area contributed by atoms with Crippen LogP contribution in [0.3, 0.4) is 0 Å². The first-order valence-corrected chi connectivity index (χ1v) is 11.1. The number of anilines is 1. The minimum Gasteiger partial charge on any atom is -0.339 e. The number of halogens is 1. The van der Waals surface area contributed by atoms with E-state index in [1.165, 1.54) is 0 Å². The van der Waals surface area contributed by atoms with Crippen molar-refractivity contribution in [2.45, 2.75) is 19.8 Å². The highest BCUT2D eigenvalue weighted by molar-refractivity contribution is 6.31. The smallest absolute Gasteiger partial charge is 0.321 e. The predicted octanol–water partition coefficient (Wildman–Crippen LogP) is 4.14. The lowest BCUT2D eigenvalue weighted by Gasteiger charge is -2.34. The van der Waals surface area contributed by atoms with Gasteiger partial charge in [0.1, 0.15) is 0 Å². The quantitative estimate of drug-likeness (QED) is 0.633. The van der Waals surface area contributed by atoms with Gasteiger partial charge >= 0.3 is 6.03 Å². The molecule has 0 unspecified atom stereocenters. The minimum atomic E-state index is -0.176. The molecule has 1 aromatic heterocycles. The van der Waals surface area contributed by atoms with E-state index in [4.69, 9.17) is 11.6 Å². The lowest BCUT2D eigenvalue weighted by Crippen LogP contribution is -2.51. The Bertz CT molecular complexity index is 1090. The third-order valence-electron chi connectivity index (χ3n) is 5.63. The molecule has 0 saturated carbocycles. The molecule has 2 heterocycles. The summed E-state index contributed by atoms with van der Waals surface area (Å²) >= 11 is 6.13. The molecule has 1 aliphatic rings. The van der Waals surface area contributed by atoms with Gasteiger partial charge in [0.2, 0.25) is 5.91 Å². The van der Waals surface area contributed by atoms with Crippen LogP contribution in [0.1, 0.15) is 17.5 Å². The van der Waals surface area contributed by atoms with E-state index >= 15 is 0 Å². The van der Waals surface area contributed by atoms with Crippen LogP contribution in [0, 0.1) is 6.92 Å². The molecule has 7 nitrogen and oxygen atoms in total. The number of benzene rings is 2. The van der Waals surface area contributed by atoms with E-state index in [2.05, 4.69) is 10.4 Å². The van der Waals surface area contributed by atoms with E-state index in [1.807, 2.05) is 65.2 Å². The van der Waals surface area contributed by atoms with Crippen molar-refractivity contribution in [2.24, 2.45) is 0 Å². The van der Waals surface area contributed by atoms with Gasteiger partial charge in [-0.05, 0) is 48.7 Å². The average molecular weight is 452 g/mol. The van der Waals surface area contributed by atoms with Crippen molar-refractivity contribution in [3.05, 3.63) is 77.1 Å². The number of aromatic nitrogens is 2. The predicted molar refractivity (Wildman–Crippen MR) is 125 cm³/mol. The third kappa shape index (κ3) is 5.29. The molecule has 3 aromatic rings. The summed E-state index contributed by atoms with van der Waals surface area (Å²) in [7, 11) is 0.